The number of aromatic nitrogens is 4. The highest BCUT2D eigenvalue weighted by molar-refractivity contribution is 8.01. The predicted molar refractivity (Wildman–Crippen MR) is 139 cm³/mol. The van der Waals surface area contributed by atoms with Crippen molar-refractivity contribution in [3.05, 3.63) is 41.1 Å². The van der Waals surface area contributed by atoms with Crippen LogP contribution in [-0.4, -0.2) is 82.8 Å². The van der Waals surface area contributed by atoms with E-state index >= 15 is 0 Å². The number of H-pyrrole nitrogens is 1. The van der Waals surface area contributed by atoms with Gasteiger partial charge in [-0.2, -0.15) is 0 Å². The number of nitrogens with zero attached hydrogens (tertiary/aromatic N) is 4. The van der Waals surface area contributed by atoms with Crippen LogP contribution in [0.1, 0.15) is 24.4 Å². The highest BCUT2D eigenvalue weighted by atomic mass is 32.2. The number of nitrogens with two attached hydrogens (primary N) is 3. The molecule has 206 valence electrons. The van der Waals surface area contributed by atoms with Crippen LogP contribution in [0.4, 0.5) is 10.5 Å². The molecule has 39 heavy (non-hydrogen) atoms. The fourth-order valence-corrected chi connectivity index (χ4v) is 6.66. The molecule has 16 nitrogen and oxygen atoms in total. The zero-order chi connectivity index (χ0) is 28.3. The highest BCUT2D eigenvalue weighted by Gasteiger charge is 2.55. The first-order chi connectivity index (χ1) is 18.6. The van der Waals surface area contributed by atoms with E-state index in [9.17, 15) is 29.1 Å². The number of amides is 5. The molecule has 3 heterocycles. The van der Waals surface area contributed by atoms with Crippen molar-refractivity contribution in [2.24, 2.45) is 17.2 Å². The van der Waals surface area contributed by atoms with Crippen molar-refractivity contribution in [3.63, 3.8) is 0 Å². The molecule has 0 aliphatic carbocycles. The minimum atomic E-state index is -1.32. The van der Waals surface area contributed by atoms with Crippen LogP contribution in [0.3, 0.4) is 0 Å². The molecule has 1 saturated heterocycles. The molecule has 18 heteroatoms. The van der Waals surface area contributed by atoms with Crippen LogP contribution in [0, 0.1) is 0 Å². The Morgan fingerprint density at radius 2 is 1.95 bits per heavy atom. The van der Waals surface area contributed by atoms with Crippen molar-refractivity contribution in [1.29, 1.82) is 0 Å². The number of benzene rings is 1. The largest absolute Gasteiger partial charge is 0.477 e. The van der Waals surface area contributed by atoms with E-state index in [4.69, 9.17) is 17.2 Å². The number of nitrogens with one attached hydrogen (secondary N) is 3. The summed E-state index contributed by atoms with van der Waals surface area (Å²) in [5.41, 5.74) is 17.5. The number of carboxylic acids is 1. The summed E-state index contributed by atoms with van der Waals surface area (Å²) < 4.78 is 0. The van der Waals surface area contributed by atoms with Crippen LogP contribution in [-0.2, 0) is 19.2 Å². The maximum atomic E-state index is 13.1. The molecule has 4 atom stereocenters. The normalized spacial score (nSPS) is 19.9. The topological polar surface area (TPSA) is 265 Å². The van der Waals surface area contributed by atoms with Crippen LogP contribution >= 0.6 is 23.5 Å². The van der Waals surface area contributed by atoms with Crippen LogP contribution in [0.25, 0.3) is 0 Å². The second-order valence-corrected chi connectivity index (χ2v) is 10.8. The minimum absolute atomic E-state index is 0.0200. The van der Waals surface area contributed by atoms with Gasteiger partial charge in [-0.3, -0.25) is 19.3 Å². The number of carbonyl (C=O) groups is 5. The van der Waals surface area contributed by atoms with Gasteiger partial charge in [0.2, 0.25) is 17.0 Å². The van der Waals surface area contributed by atoms with E-state index in [1.807, 2.05) is 0 Å². The summed E-state index contributed by atoms with van der Waals surface area (Å²) in [6.45, 7) is 0. The lowest BCUT2D eigenvalue weighted by atomic mass is 9.99. The lowest BCUT2D eigenvalue weighted by Gasteiger charge is -2.50. The average Bonchev–Trinajstić information content (AvgIpc) is 3.41. The summed E-state index contributed by atoms with van der Waals surface area (Å²) in [4.78, 5) is 61.8. The third-order valence-corrected chi connectivity index (χ3v) is 8.44. The number of hydrogen-bond donors (Lipinski definition) is 7. The van der Waals surface area contributed by atoms with Gasteiger partial charge < -0.3 is 32.9 Å². The first-order valence-electron chi connectivity index (χ1n) is 11.4. The number of thioether (sulfide) groups is 2. The number of rotatable bonds is 11. The van der Waals surface area contributed by atoms with Crippen molar-refractivity contribution in [2.75, 3.05) is 11.1 Å². The number of anilines is 1. The minimum Gasteiger partial charge on any atom is -0.477 e. The van der Waals surface area contributed by atoms with Gasteiger partial charge in [0.05, 0.1) is 0 Å². The lowest BCUT2D eigenvalue weighted by molar-refractivity contribution is -0.150. The highest BCUT2D eigenvalue weighted by Crippen LogP contribution is 2.44. The molecule has 1 aromatic carbocycles. The van der Waals surface area contributed by atoms with Gasteiger partial charge in [-0.25, -0.2) is 14.7 Å². The maximum absolute atomic E-state index is 13.1. The SMILES string of the molecule is NC(=O)CCC(Sc1nnn[nH]1)C1=C(C(=O)O)N2C(=O)C(NC(=O)C(N)c3ccc(NC(N)=O)cc3)[C@@H]2SC1. The summed E-state index contributed by atoms with van der Waals surface area (Å²) in [6, 6.07) is 3.25. The van der Waals surface area contributed by atoms with Crippen molar-refractivity contribution >= 4 is 58.9 Å². The number of aliphatic carboxylic acids is 1. The van der Waals surface area contributed by atoms with Crippen molar-refractivity contribution in [2.45, 2.75) is 40.7 Å². The third-order valence-electron chi connectivity index (χ3n) is 5.94. The quantitative estimate of drug-likeness (QED) is 0.123. The summed E-state index contributed by atoms with van der Waals surface area (Å²) in [5, 5.41) is 27.5. The summed E-state index contributed by atoms with van der Waals surface area (Å²) >= 11 is 2.39. The molecule has 5 amide bonds. The Bertz CT molecular complexity index is 1320. The molecule has 0 spiro atoms. The van der Waals surface area contributed by atoms with E-state index in [2.05, 4.69) is 31.3 Å². The van der Waals surface area contributed by atoms with E-state index in [-0.39, 0.29) is 24.3 Å². The Morgan fingerprint density at radius 1 is 1.23 bits per heavy atom. The Kier molecular flexibility index (Phi) is 8.36. The number of carbonyl (C=O) groups excluding carboxylic acids is 4. The smallest absolute Gasteiger partial charge is 0.352 e. The molecule has 1 aromatic heterocycles. The van der Waals surface area contributed by atoms with E-state index in [1.165, 1.54) is 36.0 Å². The van der Waals surface area contributed by atoms with E-state index in [0.29, 0.717) is 22.0 Å². The van der Waals surface area contributed by atoms with Crippen molar-refractivity contribution < 1.29 is 29.1 Å². The van der Waals surface area contributed by atoms with Gasteiger partial charge in [-0.05, 0) is 40.1 Å². The van der Waals surface area contributed by atoms with Gasteiger partial charge in [0.1, 0.15) is 23.2 Å². The molecule has 0 saturated carbocycles. The zero-order valence-electron chi connectivity index (χ0n) is 20.1. The molecule has 1 fully saturated rings. The molecule has 3 unspecified atom stereocenters. The number of tetrazole rings is 1. The van der Waals surface area contributed by atoms with Crippen LogP contribution in [0.5, 0.6) is 0 Å². The number of carboxylic acid groups (broad SMARTS) is 1. The monoisotopic (exact) mass is 576 g/mol. The first kappa shape index (κ1) is 27.9. The van der Waals surface area contributed by atoms with E-state index in [0.717, 1.165) is 16.7 Å². The van der Waals surface area contributed by atoms with Crippen molar-refractivity contribution in [1.82, 2.24) is 30.8 Å². The number of fused-ring (bicyclic) bond motifs is 1. The number of urea groups is 1. The number of primary amides is 2. The Morgan fingerprint density at radius 3 is 2.54 bits per heavy atom. The number of β-lactam (4-membered cyclic amide) rings is 1. The van der Waals surface area contributed by atoms with Gasteiger partial charge in [0, 0.05) is 23.1 Å². The number of hydrogen-bond acceptors (Lipinski definition) is 11. The number of aromatic amines is 1. The van der Waals surface area contributed by atoms with E-state index in [1.54, 1.807) is 0 Å². The summed E-state index contributed by atoms with van der Waals surface area (Å²) in [5.74, 6) is -2.92. The molecule has 4 rings (SSSR count). The fraction of sp³-hybridized carbons (Fsp3) is 0.333. The van der Waals surface area contributed by atoms with Crippen LogP contribution in [0.2, 0.25) is 0 Å². The van der Waals surface area contributed by atoms with Gasteiger partial charge in [-0.1, -0.05) is 23.9 Å². The lowest BCUT2D eigenvalue weighted by Crippen LogP contribution is -2.71. The molecular weight excluding hydrogens is 552 g/mol. The summed E-state index contributed by atoms with van der Waals surface area (Å²) in [7, 11) is 0. The third kappa shape index (κ3) is 6.13. The Hall–Kier alpha value is -4.16. The van der Waals surface area contributed by atoms with Gasteiger partial charge in [0.25, 0.3) is 5.91 Å². The molecule has 2 aliphatic heterocycles. The predicted octanol–water partition coefficient (Wildman–Crippen LogP) is -1.14. The van der Waals surface area contributed by atoms with Gasteiger partial charge >= 0.3 is 12.0 Å². The standard InChI is InChI=1S/C21H24N10O6S2/c22-12(32)6-5-11(39-21-27-29-30-28-21)10-7-38-18-14(17(34)31(18)15(10)19(35)36)26-16(33)13(23)8-1-3-9(4-2-8)25-20(24)37/h1-4,11,13-14,18H,5-7,23H2,(H2,22,32)(H,26,33)(H,35,36)(H3,24,25,37)(H,27,28,29,30)/t11?,13?,14?,18-/m0/s1. The molecule has 10 N–H and O–H groups in total. The molecule has 2 aromatic rings. The second-order valence-electron chi connectivity index (χ2n) is 8.48. The van der Waals surface area contributed by atoms with Gasteiger partial charge in [0.15, 0.2) is 0 Å². The maximum Gasteiger partial charge on any atom is 0.352 e. The Labute approximate surface area is 228 Å². The molecule has 2 aliphatic rings. The fourth-order valence-electron chi connectivity index (χ4n) is 4.11. The van der Waals surface area contributed by atoms with Gasteiger partial charge in [-0.15, -0.1) is 16.9 Å². The summed E-state index contributed by atoms with van der Waals surface area (Å²) in [6.07, 6.45) is 0.177. The van der Waals surface area contributed by atoms with Crippen LogP contribution in [0.15, 0.2) is 40.7 Å². The van der Waals surface area contributed by atoms with Crippen molar-refractivity contribution in [3.8, 4) is 0 Å². The molecule has 0 bridgehead atoms. The van der Waals surface area contributed by atoms with E-state index < -0.39 is 52.4 Å². The van der Waals surface area contributed by atoms with Crippen LogP contribution < -0.4 is 27.8 Å². The zero-order valence-corrected chi connectivity index (χ0v) is 21.7. The first-order valence-corrected chi connectivity index (χ1v) is 13.3. The average molecular weight is 577 g/mol. The Balaban J connectivity index is 1.49. The molecular formula is C21H24N10O6S2. The molecule has 0 radical (unpaired) electrons. The second kappa shape index (κ2) is 11.7.